The van der Waals surface area contributed by atoms with Crippen LogP contribution in [0.25, 0.3) is 0 Å². The van der Waals surface area contributed by atoms with Crippen molar-refractivity contribution in [2.45, 2.75) is 18.6 Å². The largest absolute Gasteiger partial charge is 0.493 e. The fourth-order valence-corrected chi connectivity index (χ4v) is 2.91. The number of nitrogens with one attached hydrogen (secondary N) is 1. The molecule has 2 aromatic carbocycles. The number of rotatable bonds is 2. The molecular formula is C18H17NO4. The molecule has 118 valence electrons. The SMILES string of the molecule is O=C(N[C@@H]1CCOc2ccccc21)[C@@H]1COc2ccccc2O1. The molecule has 0 saturated heterocycles. The van der Waals surface area contributed by atoms with Gasteiger partial charge in [0, 0.05) is 12.0 Å². The molecule has 5 heteroatoms. The predicted molar refractivity (Wildman–Crippen MR) is 83.8 cm³/mol. The second-order valence-corrected chi connectivity index (χ2v) is 5.60. The number of hydrogen-bond acceptors (Lipinski definition) is 4. The van der Waals surface area contributed by atoms with Gasteiger partial charge in [-0.15, -0.1) is 0 Å². The zero-order chi connectivity index (χ0) is 15.6. The summed E-state index contributed by atoms with van der Waals surface area (Å²) in [5.41, 5.74) is 1.00. The van der Waals surface area contributed by atoms with Crippen LogP contribution in [0.5, 0.6) is 17.2 Å². The van der Waals surface area contributed by atoms with Gasteiger partial charge in [0.05, 0.1) is 12.6 Å². The van der Waals surface area contributed by atoms with E-state index in [-0.39, 0.29) is 18.6 Å². The highest BCUT2D eigenvalue weighted by atomic mass is 16.6. The van der Waals surface area contributed by atoms with E-state index in [2.05, 4.69) is 5.32 Å². The zero-order valence-corrected chi connectivity index (χ0v) is 12.5. The first-order valence-corrected chi connectivity index (χ1v) is 7.72. The number of carbonyl (C=O) groups excluding carboxylic acids is 1. The summed E-state index contributed by atoms with van der Waals surface area (Å²) < 4.78 is 17.0. The minimum Gasteiger partial charge on any atom is -0.493 e. The van der Waals surface area contributed by atoms with E-state index >= 15 is 0 Å². The van der Waals surface area contributed by atoms with Gasteiger partial charge in [-0.1, -0.05) is 30.3 Å². The van der Waals surface area contributed by atoms with E-state index in [1.54, 1.807) is 6.07 Å². The highest BCUT2D eigenvalue weighted by molar-refractivity contribution is 5.82. The van der Waals surface area contributed by atoms with Gasteiger partial charge in [0.25, 0.3) is 5.91 Å². The summed E-state index contributed by atoms with van der Waals surface area (Å²) >= 11 is 0. The van der Waals surface area contributed by atoms with Gasteiger partial charge in [-0.25, -0.2) is 0 Å². The van der Waals surface area contributed by atoms with Crippen molar-refractivity contribution in [2.75, 3.05) is 13.2 Å². The van der Waals surface area contributed by atoms with Crippen LogP contribution in [-0.4, -0.2) is 25.2 Å². The maximum absolute atomic E-state index is 12.5. The molecule has 0 aromatic heterocycles. The number of ether oxygens (including phenoxy) is 3. The fraction of sp³-hybridized carbons (Fsp3) is 0.278. The van der Waals surface area contributed by atoms with Crippen LogP contribution in [0, 0.1) is 0 Å². The van der Waals surface area contributed by atoms with Gasteiger partial charge in [0.1, 0.15) is 12.4 Å². The molecule has 5 nitrogen and oxygen atoms in total. The number of amides is 1. The Bertz CT molecular complexity index is 730. The quantitative estimate of drug-likeness (QED) is 0.925. The molecule has 1 N–H and O–H groups in total. The van der Waals surface area contributed by atoms with Crippen LogP contribution in [0.15, 0.2) is 48.5 Å². The molecule has 0 unspecified atom stereocenters. The number of fused-ring (bicyclic) bond motifs is 2. The third-order valence-electron chi connectivity index (χ3n) is 4.08. The molecule has 0 saturated carbocycles. The molecule has 23 heavy (non-hydrogen) atoms. The average molecular weight is 311 g/mol. The zero-order valence-electron chi connectivity index (χ0n) is 12.5. The van der Waals surface area contributed by atoms with E-state index in [4.69, 9.17) is 14.2 Å². The summed E-state index contributed by atoms with van der Waals surface area (Å²) in [6, 6.07) is 15.1. The third kappa shape index (κ3) is 2.70. The first-order chi connectivity index (χ1) is 11.3. The molecule has 0 radical (unpaired) electrons. The Kier molecular flexibility index (Phi) is 3.54. The Morgan fingerprint density at radius 3 is 2.57 bits per heavy atom. The van der Waals surface area contributed by atoms with Crippen molar-refractivity contribution in [2.24, 2.45) is 0 Å². The highest BCUT2D eigenvalue weighted by Gasteiger charge is 2.30. The van der Waals surface area contributed by atoms with Crippen LogP contribution in [0.1, 0.15) is 18.0 Å². The number of hydrogen-bond donors (Lipinski definition) is 1. The summed E-state index contributed by atoms with van der Waals surface area (Å²) in [6.45, 7) is 0.806. The second kappa shape index (κ2) is 5.83. The Labute approximate surface area is 134 Å². The van der Waals surface area contributed by atoms with Crippen LogP contribution in [-0.2, 0) is 4.79 Å². The van der Waals surface area contributed by atoms with Gasteiger partial charge in [-0.3, -0.25) is 4.79 Å². The standard InChI is InChI=1S/C18H17NO4/c20-18(17-11-22-15-7-3-4-8-16(15)23-17)19-13-9-10-21-14-6-2-1-5-12(13)14/h1-8,13,17H,9-11H2,(H,19,20)/t13-,17+/m1/s1. The predicted octanol–water partition coefficient (Wildman–Crippen LogP) is 2.47. The van der Waals surface area contributed by atoms with E-state index in [0.717, 1.165) is 17.7 Å². The number of benzene rings is 2. The van der Waals surface area contributed by atoms with Crippen molar-refractivity contribution in [1.82, 2.24) is 5.32 Å². The van der Waals surface area contributed by atoms with E-state index in [9.17, 15) is 4.79 Å². The molecule has 2 aromatic rings. The molecule has 2 atom stereocenters. The Morgan fingerprint density at radius 2 is 1.70 bits per heavy atom. The monoisotopic (exact) mass is 311 g/mol. The maximum Gasteiger partial charge on any atom is 0.265 e. The van der Waals surface area contributed by atoms with Crippen molar-refractivity contribution in [3.05, 3.63) is 54.1 Å². The van der Waals surface area contributed by atoms with Gasteiger partial charge >= 0.3 is 0 Å². The molecule has 0 spiro atoms. The molecule has 2 heterocycles. The Hall–Kier alpha value is -2.69. The summed E-state index contributed by atoms with van der Waals surface area (Å²) in [4.78, 5) is 12.5. The molecule has 2 aliphatic heterocycles. The van der Waals surface area contributed by atoms with Gasteiger partial charge in [-0.05, 0) is 18.2 Å². The molecular weight excluding hydrogens is 294 g/mol. The maximum atomic E-state index is 12.5. The average Bonchev–Trinajstić information content (AvgIpc) is 2.61. The van der Waals surface area contributed by atoms with Gasteiger partial charge in [0.2, 0.25) is 6.10 Å². The van der Waals surface area contributed by atoms with Gasteiger partial charge < -0.3 is 19.5 Å². The molecule has 2 aliphatic rings. The first kappa shape index (κ1) is 13.9. The molecule has 0 bridgehead atoms. The summed E-state index contributed by atoms with van der Waals surface area (Å²) in [5, 5.41) is 3.05. The van der Waals surface area contributed by atoms with Crippen molar-refractivity contribution >= 4 is 5.91 Å². The van der Waals surface area contributed by atoms with Crippen LogP contribution in [0.2, 0.25) is 0 Å². The summed E-state index contributed by atoms with van der Waals surface area (Å²) in [5.74, 6) is 1.94. The summed E-state index contributed by atoms with van der Waals surface area (Å²) in [7, 11) is 0. The second-order valence-electron chi connectivity index (χ2n) is 5.60. The van der Waals surface area contributed by atoms with Crippen LogP contribution in [0.3, 0.4) is 0 Å². The Balaban J connectivity index is 1.47. The lowest BCUT2D eigenvalue weighted by atomic mass is 10.0. The van der Waals surface area contributed by atoms with Crippen LogP contribution < -0.4 is 19.5 Å². The lowest BCUT2D eigenvalue weighted by Crippen LogP contribution is -2.45. The Morgan fingerprint density at radius 1 is 0.957 bits per heavy atom. The first-order valence-electron chi connectivity index (χ1n) is 7.72. The van der Waals surface area contributed by atoms with E-state index in [1.807, 2.05) is 42.5 Å². The minimum absolute atomic E-state index is 0.0618. The van der Waals surface area contributed by atoms with E-state index in [1.165, 1.54) is 0 Å². The van der Waals surface area contributed by atoms with Crippen molar-refractivity contribution in [1.29, 1.82) is 0 Å². The molecule has 1 amide bonds. The van der Waals surface area contributed by atoms with Gasteiger partial charge in [0.15, 0.2) is 11.5 Å². The summed E-state index contributed by atoms with van der Waals surface area (Å²) in [6.07, 6.45) is 0.104. The van der Waals surface area contributed by atoms with Crippen molar-refractivity contribution in [3.63, 3.8) is 0 Å². The van der Waals surface area contributed by atoms with E-state index < -0.39 is 6.10 Å². The third-order valence-corrected chi connectivity index (χ3v) is 4.08. The number of para-hydroxylation sites is 3. The fourth-order valence-electron chi connectivity index (χ4n) is 2.91. The van der Waals surface area contributed by atoms with Crippen molar-refractivity contribution in [3.8, 4) is 17.2 Å². The van der Waals surface area contributed by atoms with E-state index in [0.29, 0.717) is 18.1 Å². The normalized spacial score (nSPS) is 21.7. The van der Waals surface area contributed by atoms with Gasteiger partial charge in [-0.2, -0.15) is 0 Å². The molecule has 0 aliphatic carbocycles. The number of carbonyl (C=O) groups is 1. The lowest BCUT2D eigenvalue weighted by molar-refractivity contribution is -0.131. The topological polar surface area (TPSA) is 56.8 Å². The smallest absolute Gasteiger partial charge is 0.265 e. The van der Waals surface area contributed by atoms with Crippen LogP contribution >= 0.6 is 0 Å². The lowest BCUT2D eigenvalue weighted by Gasteiger charge is -2.30. The molecule has 4 rings (SSSR count). The van der Waals surface area contributed by atoms with Crippen LogP contribution in [0.4, 0.5) is 0 Å². The van der Waals surface area contributed by atoms with Crippen molar-refractivity contribution < 1.29 is 19.0 Å². The molecule has 0 fully saturated rings. The highest BCUT2D eigenvalue weighted by Crippen LogP contribution is 2.33. The minimum atomic E-state index is -0.639.